The molecule has 0 unspecified atom stereocenters. The van der Waals surface area contributed by atoms with Crippen LogP contribution in [0.3, 0.4) is 0 Å². The lowest BCUT2D eigenvalue weighted by Crippen LogP contribution is -2.67. The third-order valence-electron chi connectivity index (χ3n) is 4.16. The number of nitro benzene ring substituents is 1. The maximum absolute atomic E-state index is 14.3. The van der Waals surface area contributed by atoms with E-state index in [0.717, 1.165) is 12.5 Å². The van der Waals surface area contributed by atoms with E-state index < -0.39 is 34.6 Å². The van der Waals surface area contributed by atoms with Gasteiger partial charge in [-0.2, -0.15) is 0 Å². The fraction of sp³-hybridized carbons (Fsp3) is 0.462. The maximum Gasteiger partial charge on any atom is 0.269 e. The van der Waals surface area contributed by atoms with Crippen LogP contribution in [-0.2, 0) is 16.8 Å². The quantitative estimate of drug-likeness (QED) is 0.632. The van der Waals surface area contributed by atoms with Crippen LogP contribution >= 0.6 is 0 Å². The molecule has 0 aromatic heterocycles. The molecule has 0 radical (unpaired) electrons. The van der Waals surface area contributed by atoms with Crippen molar-refractivity contribution in [3.05, 3.63) is 39.4 Å². The first-order valence-electron chi connectivity index (χ1n) is 6.20. The summed E-state index contributed by atoms with van der Waals surface area (Å²) in [5, 5.41) is 13.2. The largest absolute Gasteiger partial charge is 0.340 e. The molecule has 3 rings (SSSR count). The zero-order valence-corrected chi connectivity index (χ0v) is 10.7. The molecule has 1 saturated heterocycles. The number of hydrogen-bond donors (Lipinski definition) is 1. The van der Waals surface area contributed by atoms with Crippen LogP contribution in [0.2, 0.25) is 0 Å². The highest BCUT2D eigenvalue weighted by Crippen LogP contribution is 2.49. The number of hydrogen-bond acceptors (Lipinski definition) is 3. The Morgan fingerprint density at radius 3 is 2.85 bits per heavy atom. The van der Waals surface area contributed by atoms with Crippen LogP contribution in [0.15, 0.2) is 18.2 Å². The van der Waals surface area contributed by atoms with Gasteiger partial charge in [-0.05, 0) is 18.1 Å². The van der Waals surface area contributed by atoms with Gasteiger partial charge in [0.05, 0.1) is 4.92 Å². The molecule has 2 aliphatic rings. The van der Waals surface area contributed by atoms with E-state index in [1.54, 1.807) is 6.07 Å². The van der Waals surface area contributed by atoms with E-state index in [2.05, 4.69) is 5.32 Å². The van der Waals surface area contributed by atoms with Crippen LogP contribution in [0.1, 0.15) is 24.5 Å². The third kappa shape index (κ3) is 1.55. The molecule has 1 aliphatic carbocycles. The molecule has 1 heterocycles. The summed E-state index contributed by atoms with van der Waals surface area (Å²) in [7, 11) is 0. The lowest BCUT2D eigenvalue weighted by Gasteiger charge is -2.51. The zero-order valence-electron chi connectivity index (χ0n) is 10.7. The van der Waals surface area contributed by atoms with Crippen LogP contribution in [0.5, 0.6) is 0 Å². The lowest BCUT2D eigenvalue weighted by atomic mass is 9.64. The summed E-state index contributed by atoms with van der Waals surface area (Å²) in [5.41, 5.74) is -2.62. The number of carbonyl (C=O) groups excluding carboxylic acids is 1. The fourth-order valence-corrected chi connectivity index (χ4v) is 2.94. The van der Waals surface area contributed by atoms with Gasteiger partial charge >= 0.3 is 0 Å². The molecule has 7 heteroatoms. The lowest BCUT2D eigenvalue weighted by molar-refractivity contribution is -0.385. The first-order chi connectivity index (χ1) is 9.26. The second kappa shape index (κ2) is 3.74. The number of piperidine rings is 1. The minimum atomic E-state index is -2.25. The zero-order chi connectivity index (χ0) is 14.7. The molecule has 106 valence electrons. The number of carbonyl (C=O) groups is 1. The van der Waals surface area contributed by atoms with Crippen LogP contribution in [0, 0.1) is 10.1 Å². The molecule has 0 saturated carbocycles. The number of non-ortho nitro benzene ring substituents is 1. The van der Waals surface area contributed by atoms with E-state index in [1.807, 2.05) is 0 Å². The summed E-state index contributed by atoms with van der Waals surface area (Å²) in [5.74, 6) is -0.872. The molecule has 1 aromatic carbocycles. The number of halogens is 2. The Labute approximate surface area is 113 Å². The summed E-state index contributed by atoms with van der Waals surface area (Å²) in [6.07, 6.45) is -1.92. The Bertz CT molecular complexity index is 632. The first kappa shape index (κ1) is 13.0. The smallest absolute Gasteiger partial charge is 0.269 e. The molecular weight excluding hydrogens is 270 g/mol. The predicted molar refractivity (Wildman–Crippen MR) is 65.6 cm³/mol. The fourth-order valence-electron chi connectivity index (χ4n) is 2.94. The summed E-state index contributed by atoms with van der Waals surface area (Å²) in [6, 6.07) is 4.14. The van der Waals surface area contributed by atoms with Crippen LogP contribution in [0.4, 0.5) is 14.5 Å². The average molecular weight is 282 g/mol. The van der Waals surface area contributed by atoms with Crippen molar-refractivity contribution in [3.8, 4) is 0 Å². The molecule has 1 N–H and O–H groups in total. The minimum Gasteiger partial charge on any atom is -0.340 e. The molecular formula is C13H12F2N2O3. The van der Waals surface area contributed by atoms with Crippen LogP contribution in [-0.4, -0.2) is 22.7 Å². The summed E-state index contributed by atoms with van der Waals surface area (Å²) >= 11 is 0. The number of nitrogens with one attached hydrogen (secondary N) is 1. The SMILES string of the molecule is C[C@@]1(F)C[C@H](F)[C@]2(Cc3ccc([N+](=O)[O-])cc32)NC1=O. The monoisotopic (exact) mass is 282 g/mol. The number of alkyl halides is 2. The van der Waals surface area contributed by atoms with E-state index in [-0.39, 0.29) is 12.1 Å². The highest BCUT2D eigenvalue weighted by Gasteiger charge is 2.58. The van der Waals surface area contributed by atoms with Crippen molar-refractivity contribution in [2.45, 2.75) is 37.1 Å². The minimum absolute atomic E-state index is 0.169. The van der Waals surface area contributed by atoms with Gasteiger partial charge in [0.25, 0.3) is 11.6 Å². The third-order valence-corrected chi connectivity index (χ3v) is 4.16. The van der Waals surface area contributed by atoms with E-state index >= 15 is 0 Å². The van der Waals surface area contributed by atoms with E-state index in [1.165, 1.54) is 12.1 Å². The Morgan fingerprint density at radius 1 is 1.50 bits per heavy atom. The number of rotatable bonds is 1. The second-order valence-corrected chi connectivity index (χ2v) is 5.57. The van der Waals surface area contributed by atoms with Crippen molar-refractivity contribution in [2.24, 2.45) is 0 Å². The van der Waals surface area contributed by atoms with Crippen molar-refractivity contribution in [1.82, 2.24) is 5.32 Å². The van der Waals surface area contributed by atoms with Gasteiger partial charge in [0.1, 0.15) is 11.7 Å². The molecule has 0 bridgehead atoms. The number of amides is 1. The highest BCUT2D eigenvalue weighted by molar-refractivity contribution is 5.87. The summed E-state index contributed by atoms with van der Waals surface area (Å²) < 4.78 is 28.2. The van der Waals surface area contributed by atoms with Gasteiger partial charge in [0.15, 0.2) is 5.67 Å². The van der Waals surface area contributed by atoms with Gasteiger partial charge < -0.3 is 5.32 Å². The van der Waals surface area contributed by atoms with Crippen LogP contribution in [0.25, 0.3) is 0 Å². The highest BCUT2D eigenvalue weighted by atomic mass is 19.2. The Hall–Kier alpha value is -2.05. The standard InChI is InChI=1S/C13H12F2N2O3/c1-12(15)6-10(14)13(16-11(12)18)5-7-2-3-8(17(19)20)4-9(7)13/h2-4,10H,5-6H2,1H3,(H,16,18)/t10-,12+,13+/m0/s1. The van der Waals surface area contributed by atoms with E-state index in [4.69, 9.17) is 0 Å². The van der Waals surface area contributed by atoms with Gasteiger partial charge in [0, 0.05) is 25.0 Å². The van der Waals surface area contributed by atoms with Crippen molar-refractivity contribution in [2.75, 3.05) is 0 Å². The molecule has 3 atom stereocenters. The topological polar surface area (TPSA) is 72.2 Å². The molecule has 1 fully saturated rings. The number of nitrogens with zero attached hydrogens (tertiary/aromatic N) is 1. The van der Waals surface area contributed by atoms with Gasteiger partial charge in [-0.1, -0.05) is 6.07 Å². The second-order valence-electron chi connectivity index (χ2n) is 5.57. The normalized spacial score (nSPS) is 35.1. The van der Waals surface area contributed by atoms with Gasteiger partial charge in [-0.3, -0.25) is 14.9 Å². The molecule has 1 aromatic rings. The maximum atomic E-state index is 14.3. The molecule has 1 spiro atoms. The van der Waals surface area contributed by atoms with Crippen molar-refractivity contribution in [3.63, 3.8) is 0 Å². The van der Waals surface area contributed by atoms with Gasteiger partial charge in [0.2, 0.25) is 0 Å². The number of fused-ring (bicyclic) bond motifs is 2. The Morgan fingerprint density at radius 2 is 2.20 bits per heavy atom. The van der Waals surface area contributed by atoms with Crippen LogP contribution < -0.4 is 5.32 Å². The molecule has 20 heavy (non-hydrogen) atoms. The summed E-state index contributed by atoms with van der Waals surface area (Å²) in [4.78, 5) is 21.9. The van der Waals surface area contributed by atoms with Gasteiger partial charge in [-0.15, -0.1) is 0 Å². The van der Waals surface area contributed by atoms with E-state index in [0.29, 0.717) is 5.56 Å². The predicted octanol–water partition coefficient (Wildman–Crippen LogP) is 1.93. The number of benzene rings is 1. The Kier molecular flexibility index (Phi) is 2.42. The first-order valence-corrected chi connectivity index (χ1v) is 6.20. The Balaban J connectivity index is 2.02. The summed E-state index contributed by atoms with van der Waals surface area (Å²) in [6.45, 7) is 1.04. The van der Waals surface area contributed by atoms with Crippen molar-refractivity contribution >= 4 is 11.6 Å². The van der Waals surface area contributed by atoms with Gasteiger partial charge in [-0.25, -0.2) is 8.78 Å². The molecule has 5 nitrogen and oxygen atoms in total. The molecule has 1 aliphatic heterocycles. The average Bonchev–Trinajstić information content (AvgIpc) is 2.32. The van der Waals surface area contributed by atoms with Crippen molar-refractivity contribution < 1.29 is 18.5 Å². The molecule has 1 amide bonds. The number of nitro groups is 1. The van der Waals surface area contributed by atoms with Crippen molar-refractivity contribution in [1.29, 1.82) is 0 Å². The van der Waals surface area contributed by atoms with E-state index in [9.17, 15) is 23.7 Å².